The van der Waals surface area contributed by atoms with E-state index in [9.17, 15) is 0 Å². The number of rotatable bonds is 12. The van der Waals surface area contributed by atoms with Crippen molar-refractivity contribution in [2.24, 2.45) is 5.92 Å². The Balaban J connectivity index is 1.47. The molecule has 2 aromatic carbocycles. The summed E-state index contributed by atoms with van der Waals surface area (Å²) in [5.41, 5.74) is 1.45. The Hall–Kier alpha value is -2.04. The van der Waals surface area contributed by atoms with Gasteiger partial charge in [0.25, 0.3) is 0 Å². The monoisotopic (exact) mass is 411 g/mol. The molecule has 4 heteroatoms. The van der Waals surface area contributed by atoms with E-state index < -0.39 is 0 Å². The normalized spacial score (nSPS) is 19.5. The van der Waals surface area contributed by atoms with E-state index in [1.54, 1.807) is 7.11 Å². The fourth-order valence-corrected chi connectivity index (χ4v) is 4.33. The molecule has 0 amide bonds. The van der Waals surface area contributed by atoms with Crippen LogP contribution in [0.3, 0.4) is 0 Å². The zero-order valence-electron chi connectivity index (χ0n) is 18.6. The Morgan fingerprint density at radius 3 is 2.43 bits per heavy atom. The van der Waals surface area contributed by atoms with Crippen LogP contribution in [0.5, 0.6) is 11.5 Å². The Kier molecular flexibility index (Phi) is 9.52. The summed E-state index contributed by atoms with van der Waals surface area (Å²) in [5.74, 6) is 2.80. The molecule has 2 aromatic rings. The number of likely N-dealkylation sites (tertiary alicyclic amines) is 1. The van der Waals surface area contributed by atoms with Gasteiger partial charge in [0, 0.05) is 12.5 Å². The predicted molar refractivity (Wildman–Crippen MR) is 123 cm³/mol. The number of benzene rings is 2. The molecular formula is C26H37NO3. The van der Waals surface area contributed by atoms with Gasteiger partial charge in [-0.3, -0.25) is 0 Å². The van der Waals surface area contributed by atoms with E-state index in [1.807, 2.05) is 24.3 Å². The molecule has 30 heavy (non-hydrogen) atoms. The van der Waals surface area contributed by atoms with Crippen LogP contribution in [0.4, 0.5) is 0 Å². The lowest BCUT2D eigenvalue weighted by atomic mass is 9.81. The van der Waals surface area contributed by atoms with Crippen molar-refractivity contribution in [1.82, 2.24) is 4.90 Å². The van der Waals surface area contributed by atoms with Crippen LogP contribution in [0.15, 0.2) is 54.6 Å². The summed E-state index contributed by atoms with van der Waals surface area (Å²) < 4.78 is 17.1. The highest BCUT2D eigenvalue weighted by atomic mass is 16.5. The first-order chi connectivity index (χ1) is 14.8. The van der Waals surface area contributed by atoms with Gasteiger partial charge in [0.2, 0.25) is 0 Å². The van der Waals surface area contributed by atoms with Crippen LogP contribution in [0, 0.1) is 5.92 Å². The Labute approximate surface area is 182 Å². The number of hydrogen-bond acceptors (Lipinski definition) is 4. The van der Waals surface area contributed by atoms with Gasteiger partial charge in [-0.15, -0.1) is 0 Å². The van der Waals surface area contributed by atoms with E-state index >= 15 is 0 Å². The van der Waals surface area contributed by atoms with Crippen LogP contribution in [0.2, 0.25) is 0 Å². The molecule has 2 atom stereocenters. The molecule has 1 saturated heterocycles. The third-order valence-electron chi connectivity index (χ3n) is 6.01. The minimum Gasteiger partial charge on any atom is -0.497 e. The van der Waals surface area contributed by atoms with Gasteiger partial charge in [0.05, 0.1) is 20.3 Å². The topological polar surface area (TPSA) is 30.9 Å². The van der Waals surface area contributed by atoms with Gasteiger partial charge in [0.15, 0.2) is 0 Å². The first kappa shape index (κ1) is 22.6. The van der Waals surface area contributed by atoms with Crippen molar-refractivity contribution in [3.8, 4) is 11.5 Å². The van der Waals surface area contributed by atoms with Gasteiger partial charge in [-0.1, -0.05) is 50.1 Å². The highest BCUT2D eigenvalue weighted by Gasteiger charge is 2.30. The Morgan fingerprint density at radius 2 is 1.70 bits per heavy atom. The Bertz CT molecular complexity index is 704. The largest absolute Gasteiger partial charge is 0.497 e. The summed E-state index contributed by atoms with van der Waals surface area (Å²) in [6, 6.07) is 18.7. The minimum atomic E-state index is 0.531. The molecule has 3 rings (SSSR count). The molecule has 1 fully saturated rings. The summed E-state index contributed by atoms with van der Waals surface area (Å²) >= 11 is 0. The molecule has 0 bridgehead atoms. The second kappa shape index (κ2) is 12.6. The van der Waals surface area contributed by atoms with E-state index in [-0.39, 0.29) is 0 Å². The molecule has 0 aliphatic carbocycles. The molecule has 1 heterocycles. The van der Waals surface area contributed by atoms with Crippen molar-refractivity contribution in [2.75, 3.05) is 46.6 Å². The van der Waals surface area contributed by atoms with Crippen LogP contribution in [-0.4, -0.2) is 51.5 Å². The average molecular weight is 412 g/mol. The van der Waals surface area contributed by atoms with Crippen molar-refractivity contribution in [3.63, 3.8) is 0 Å². The van der Waals surface area contributed by atoms with Gasteiger partial charge in [-0.25, -0.2) is 0 Å². The zero-order chi connectivity index (χ0) is 21.0. The lowest BCUT2D eigenvalue weighted by molar-refractivity contribution is 0.0356. The maximum atomic E-state index is 6.09. The fourth-order valence-electron chi connectivity index (χ4n) is 4.33. The van der Waals surface area contributed by atoms with Crippen LogP contribution in [0.1, 0.15) is 44.1 Å². The summed E-state index contributed by atoms with van der Waals surface area (Å²) in [4.78, 5) is 2.64. The van der Waals surface area contributed by atoms with Gasteiger partial charge in [0.1, 0.15) is 18.1 Å². The lowest BCUT2D eigenvalue weighted by Crippen LogP contribution is -2.42. The van der Waals surface area contributed by atoms with Gasteiger partial charge >= 0.3 is 0 Å². The second-order valence-corrected chi connectivity index (χ2v) is 8.17. The van der Waals surface area contributed by atoms with Crippen molar-refractivity contribution in [1.29, 1.82) is 0 Å². The smallest absolute Gasteiger partial charge is 0.119 e. The zero-order valence-corrected chi connectivity index (χ0v) is 18.6. The maximum Gasteiger partial charge on any atom is 0.119 e. The van der Waals surface area contributed by atoms with E-state index in [4.69, 9.17) is 14.2 Å². The molecule has 2 unspecified atom stereocenters. The predicted octanol–water partition coefficient (Wildman–Crippen LogP) is 5.39. The van der Waals surface area contributed by atoms with Crippen molar-refractivity contribution in [3.05, 3.63) is 60.2 Å². The van der Waals surface area contributed by atoms with Crippen molar-refractivity contribution >= 4 is 0 Å². The van der Waals surface area contributed by atoms with Crippen LogP contribution >= 0.6 is 0 Å². The third kappa shape index (κ3) is 7.03. The van der Waals surface area contributed by atoms with E-state index in [0.29, 0.717) is 25.0 Å². The summed E-state index contributed by atoms with van der Waals surface area (Å²) in [6.07, 6.45) is 5.12. The summed E-state index contributed by atoms with van der Waals surface area (Å²) in [6.45, 7) is 7.77. The molecule has 1 aliphatic rings. The first-order valence-corrected chi connectivity index (χ1v) is 11.4. The minimum absolute atomic E-state index is 0.531. The van der Waals surface area contributed by atoms with Gasteiger partial charge < -0.3 is 19.1 Å². The average Bonchev–Trinajstić information content (AvgIpc) is 2.80. The molecule has 0 spiro atoms. The summed E-state index contributed by atoms with van der Waals surface area (Å²) in [7, 11) is 1.67. The van der Waals surface area contributed by atoms with Crippen LogP contribution < -0.4 is 9.47 Å². The van der Waals surface area contributed by atoms with Gasteiger partial charge in [-0.05, 0) is 61.7 Å². The van der Waals surface area contributed by atoms with Crippen LogP contribution in [0.25, 0.3) is 0 Å². The van der Waals surface area contributed by atoms with E-state index in [2.05, 4.69) is 42.2 Å². The summed E-state index contributed by atoms with van der Waals surface area (Å²) in [5, 5.41) is 0. The fraction of sp³-hybridized carbons (Fsp3) is 0.538. The number of unbranched alkanes of at least 4 members (excludes halogenated alkanes) is 2. The molecule has 0 radical (unpaired) electrons. The molecule has 164 valence electrons. The SMILES string of the molecule is CCCCCN1CCC(c2ccccc2)C(COCCOc2ccc(OC)cc2)C1. The third-order valence-corrected chi connectivity index (χ3v) is 6.01. The standard InChI is InChI=1S/C26H37NO3/c1-3-4-8-16-27-17-15-26(22-9-6-5-7-10-22)23(20-27)21-29-18-19-30-25-13-11-24(28-2)12-14-25/h5-7,9-14,23,26H,3-4,8,15-21H2,1-2H3. The highest BCUT2D eigenvalue weighted by molar-refractivity contribution is 5.31. The highest BCUT2D eigenvalue weighted by Crippen LogP contribution is 2.33. The molecule has 0 aromatic heterocycles. The van der Waals surface area contributed by atoms with E-state index in [1.165, 1.54) is 44.3 Å². The second-order valence-electron chi connectivity index (χ2n) is 8.17. The maximum absolute atomic E-state index is 6.09. The van der Waals surface area contributed by atoms with Gasteiger partial charge in [-0.2, -0.15) is 0 Å². The Morgan fingerprint density at radius 1 is 0.933 bits per heavy atom. The van der Waals surface area contributed by atoms with Crippen molar-refractivity contribution < 1.29 is 14.2 Å². The number of piperidine rings is 1. The molecule has 0 saturated carbocycles. The quantitative estimate of drug-likeness (QED) is 0.438. The number of hydrogen-bond donors (Lipinski definition) is 0. The van der Waals surface area contributed by atoms with Crippen molar-refractivity contribution in [2.45, 2.75) is 38.5 Å². The molecule has 1 aliphatic heterocycles. The molecule has 0 N–H and O–H groups in total. The van der Waals surface area contributed by atoms with E-state index in [0.717, 1.165) is 24.7 Å². The number of methoxy groups -OCH3 is 1. The molecule has 4 nitrogen and oxygen atoms in total. The number of ether oxygens (including phenoxy) is 3. The molecular weight excluding hydrogens is 374 g/mol. The first-order valence-electron chi connectivity index (χ1n) is 11.4. The number of nitrogens with zero attached hydrogens (tertiary/aromatic N) is 1. The lowest BCUT2D eigenvalue weighted by Gasteiger charge is -2.39. The van der Waals surface area contributed by atoms with Crippen LogP contribution in [-0.2, 0) is 4.74 Å².